The van der Waals surface area contributed by atoms with E-state index >= 15 is 0 Å². The molecule has 0 saturated carbocycles. The van der Waals surface area contributed by atoms with Gasteiger partial charge in [-0.3, -0.25) is 14.5 Å². The Morgan fingerprint density at radius 3 is 2.57 bits per heavy atom. The maximum atomic E-state index is 11.7. The van der Waals surface area contributed by atoms with Crippen LogP contribution in [0.25, 0.3) is 0 Å². The molecule has 1 rings (SSSR count). The molecule has 0 aromatic rings. The maximum Gasteiger partial charge on any atom is 0.326 e. The molecule has 21 heavy (non-hydrogen) atoms. The van der Waals surface area contributed by atoms with Gasteiger partial charge in [0, 0.05) is 13.0 Å². The minimum atomic E-state index is -1.06. The zero-order chi connectivity index (χ0) is 16.0. The number of carbonyl (C=O) groups is 4. The first kappa shape index (κ1) is 16.9. The second kappa shape index (κ2) is 7.61. The Hall–Kier alpha value is -2.12. The van der Waals surface area contributed by atoms with Crippen LogP contribution in [-0.4, -0.2) is 53.0 Å². The number of rotatable bonds is 8. The SMILES string of the molecule is CC[C@H](C)[C@H](NC(=O)CCCN1C(=O)CNC1=O)C(=O)O. The van der Waals surface area contributed by atoms with Gasteiger partial charge in [-0.05, 0) is 12.3 Å². The van der Waals surface area contributed by atoms with E-state index in [9.17, 15) is 19.2 Å². The van der Waals surface area contributed by atoms with Gasteiger partial charge in [-0.2, -0.15) is 0 Å². The van der Waals surface area contributed by atoms with Crippen LogP contribution in [0.1, 0.15) is 33.1 Å². The van der Waals surface area contributed by atoms with Crippen LogP contribution in [-0.2, 0) is 14.4 Å². The largest absolute Gasteiger partial charge is 0.480 e. The summed E-state index contributed by atoms with van der Waals surface area (Å²) in [6, 6.07) is -1.37. The van der Waals surface area contributed by atoms with Gasteiger partial charge in [-0.1, -0.05) is 20.3 Å². The number of imide groups is 1. The second-order valence-electron chi connectivity index (χ2n) is 5.08. The molecule has 1 saturated heterocycles. The smallest absolute Gasteiger partial charge is 0.326 e. The molecule has 0 aliphatic carbocycles. The number of urea groups is 1. The number of nitrogens with one attached hydrogen (secondary N) is 2. The van der Waals surface area contributed by atoms with Crippen LogP contribution in [0.5, 0.6) is 0 Å². The third-order valence-corrected chi connectivity index (χ3v) is 3.52. The Bertz CT molecular complexity index is 422. The van der Waals surface area contributed by atoms with Crippen molar-refractivity contribution in [3.8, 4) is 0 Å². The molecule has 1 aliphatic heterocycles. The minimum Gasteiger partial charge on any atom is -0.480 e. The van der Waals surface area contributed by atoms with E-state index in [0.717, 1.165) is 4.90 Å². The van der Waals surface area contributed by atoms with Crippen molar-refractivity contribution in [1.29, 1.82) is 0 Å². The fourth-order valence-electron chi connectivity index (χ4n) is 2.01. The summed E-state index contributed by atoms with van der Waals surface area (Å²) >= 11 is 0. The van der Waals surface area contributed by atoms with Gasteiger partial charge in [0.15, 0.2) is 0 Å². The fraction of sp³-hybridized carbons (Fsp3) is 0.692. The lowest BCUT2D eigenvalue weighted by molar-refractivity contribution is -0.143. The summed E-state index contributed by atoms with van der Waals surface area (Å²) in [6.45, 7) is 3.75. The van der Waals surface area contributed by atoms with Gasteiger partial charge in [0.1, 0.15) is 6.04 Å². The molecule has 1 aliphatic rings. The number of carboxylic acid groups (broad SMARTS) is 1. The molecular weight excluding hydrogens is 278 g/mol. The quantitative estimate of drug-likeness (QED) is 0.543. The standard InChI is InChI=1S/C13H21N3O5/c1-3-8(2)11(12(19)20)15-9(17)5-4-6-16-10(18)7-14-13(16)21/h8,11H,3-7H2,1-2H3,(H,14,21)(H,15,17)(H,19,20)/t8-,11-/m0/s1. The molecule has 0 radical (unpaired) electrons. The van der Waals surface area contributed by atoms with E-state index in [-0.39, 0.29) is 31.3 Å². The van der Waals surface area contributed by atoms with Gasteiger partial charge in [0.25, 0.3) is 0 Å². The highest BCUT2D eigenvalue weighted by Crippen LogP contribution is 2.09. The van der Waals surface area contributed by atoms with E-state index in [1.54, 1.807) is 6.92 Å². The molecule has 0 spiro atoms. The average Bonchev–Trinajstić information content (AvgIpc) is 2.75. The first-order valence-electron chi connectivity index (χ1n) is 6.97. The summed E-state index contributed by atoms with van der Waals surface area (Å²) in [5.74, 6) is -1.94. The summed E-state index contributed by atoms with van der Waals surface area (Å²) in [4.78, 5) is 46.5. The summed E-state index contributed by atoms with van der Waals surface area (Å²) in [5.41, 5.74) is 0. The predicted molar refractivity (Wildman–Crippen MR) is 73.4 cm³/mol. The van der Waals surface area contributed by atoms with Crippen LogP contribution in [0.15, 0.2) is 0 Å². The molecule has 4 amide bonds. The fourth-order valence-corrected chi connectivity index (χ4v) is 2.01. The lowest BCUT2D eigenvalue weighted by Crippen LogP contribution is -2.45. The van der Waals surface area contributed by atoms with E-state index in [2.05, 4.69) is 10.6 Å². The number of amides is 4. The Morgan fingerprint density at radius 2 is 2.10 bits per heavy atom. The Morgan fingerprint density at radius 1 is 1.43 bits per heavy atom. The Balaban J connectivity index is 2.38. The van der Waals surface area contributed by atoms with Crippen molar-refractivity contribution in [2.45, 2.75) is 39.2 Å². The molecule has 0 aromatic heterocycles. The number of carboxylic acids is 1. The first-order valence-corrected chi connectivity index (χ1v) is 6.97. The number of hydrogen-bond acceptors (Lipinski definition) is 4. The Labute approximate surface area is 122 Å². The normalized spacial score (nSPS) is 17.3. The topological polar surface area (TPSA) is 116 Å². The highest BCUT2D eigenvalue weighted by atomic mass is 16.4. The predicted octanol–water partition coefficient (Wildman–Crippen LogP) is -0.0661. The molecule has 0 aromatic carbocycles. The van der Waals surface area contributed by atoms with Crippen LogP contribution in [0.4, 0.5) is 4.79 Å². The van der Waals surface area contributed by atoms with E-state index in [0.29, 0.717) is 12.8 Å². The third kappa shape index (κ3) is 4.73. The zero-order valence-corrected chi connectivity index (χ0v) is 12.2. The molecule has 8 heteroatoms. The van der Waals surface area contributed by atoms with Crippen molar-refractivity contribution >= 4 is 23.8 Å². The summed E-state index contributed by atoms with van der Waals surface area (Å²) in [6.07, 6.45) is 1.01. The highest BCUT2D eigenvalue weighted by molar-refractivity contribution is 6.01. The van der Waals surface area contributed by atoms with Gasteiger partial charge >= 0.3 is 12.0 Å². The Kier molecular flexibility index (Phi) is 6.13. The number of aliphatic carboxylic acids is 1. The van der Waals surface area contributed by atoms with Gasteiger partial charge in [-0.25, -0.2) is 9.59 Å². The van der Waals surface area contributed by atoms with Crippen LogP contribution in [0, 0.1) is 5.92 Å². The van der Waals surface area contributed by atoms with E-state index in [1.807, 2.05) is 6.92 Å². The van der Waals surface area contributed by atoms with E-state index in [1.165, 1.54) is 0 Å². The lowest BCUT2D eigenvalue weighted by atomic mass is 9.99. The molecule has 0 bridgehead atoms. The number of carbonyl (C=O) groups excluding carboxylic acids is 3. The van der Waals surface area contributed by atoms with Crippen LogP contribution < -0.4 is 10.6 Å². The van der Waals surface area contributed by atoms with Crippen molar-refractivity contribution in [3.05, 3.63) is 0 Å². The van der Waals surface area contributed by atoms with E-state index in [4.69, 9.17) is 5.11 Å². The molecule has 3 N–H and O–H groups in total. The highest BCUT2D eigenvalue weighted by Gasteiger charge is 2.28. The van der Waals surface area contributed by atoms with Crippen LogP contribution in [0.3, 0.4) is 0 Å². The van der Waals surface area contributed by atoms with Gasteiger partial charge in [0.2, 0.25) is 11.8 Å². The summed E-state index contributed by atoms with van der Waals surface area (Å²) in [5, 5.41) is 13.9. The van der Waals surface area contributed by atoms with Crippen molar-refractivity contribution in [3.63, 3.8) is 0 Å². The van der Waals surface area contributed by atoms with Gasteiger partial charge in [-0.15, -0.1) is 0 Å². The summed E-state index contributed by atoms with van der Waals surface area (Å²) in [7, 11) is 0. The monoisotopic (exact) mass is 299 g/mol. The third-order valence-electron chi connectivity index (χ3n) is 3.52. The van der Waals surface area contributed by atoms with Crippen molar-refractivity contribution in [1.82, 2.24) is 15.5 Å². The molecule has 8 nitrogen and oxygen atoms in total. The molecule has 2 atom stereocenters. The molecule has 1 heterocycles. The molecule has 0 unspecified atom stereocenters. The van der Waals surface area contributed by atoms with Crippen LogP contribution >= 0.6 is 0 Å². The summed E-state index contributed by atoms with van der Waals surface area (Å²) < 4.78 is 0. The van der Waals surface area contributed by atoms with Gasteiger partial charge in [0.05, 0.1) is 6.54 Å². The number of hydrogen-bond donors (Lipinski definition) is 3. The van der Waals surface area contributed by atoms with Gasteiger partial charge < -0.3 is 15.7 Å². The lowest BCUT2D eigenvalue weighted by Gasteiger charge is -2.20. The average molecular weight is 299 g/mol. The van der Waals surface area contributed by atoms with Crippen LogP contribution in [0.2, 0.25) is 0 Å². The van der Waals surface area contributed by atoms with E-state index < -0.39 is 23.9 Å². The molecule has 118 valence electrons. The van der Waals surface area contributed by atoms with Crippen molar-refractivity contribution in [2.75, 3.05) is 13.1 Å². The molecule has 1 fully saturated rings. The first-order chi connectivity index (χ1) is 9.86. The number of nitrogens with zero attached hydrogens (tertiary/aromatic N) is 1. The van der Waals surface area contributed by atoms with Crippen molar-refractivity contribution in [2.24, 2.45) is 5.92 Å². The van der Waals surface area contributed by atoms with Crippen molar-refractivity contribution < 1.29 is 24.3 Å². The molecular formula is C13H21N3O5. The second-order valence-corrected chi connectivity index (χ2v) is 5.08. The maximum absolute atomic E-state index is 11.7. The zero-order valence-electron chi connectivity index (χ0n) is 12.2. The minimum absolute atomic E-state index is 0.0138.